The van der Waals surface area contributed by atoms with Crippen LogP contribution in [0.5, 0.6) is 0 Å². The van der Waals surface area contributed by atoms with Crippen LogP contribution in [0.2, 0.25) is 0 Å². The molecule has 2 amide bonds. The fourth-order valence-electron chi connectivity index (χ4n) is 2.79. The van der Waals surface area contributed by atoms with Gasteiger partial charge in [-0.05, 0) is 48.5 Å². The first kappa shape index (κ1) is 26.8. The van der Waals surface area contributed by atoms with Crippen LogP contribution in [-0.4, -0.2) is 98.1 Å². The normalized spacial score (nSPS) is 16.0. The monoisotopic (exact) mass is 442 g/mol. The lowest BCUT2D eigenvalue weighted by Gasteiger charge is -2.35. The predicted molar refractivity (Wildman–Crippen MR) is 122 cm³/mol. The summed E-state index contributed by atoms with van der Waals surface area (Å²) < 4.78 is 10.6. The largest absolute Gasteiger partial charge is 0.444 e. The van der Waals surface area contributed by atoms with Gasteiger partial charge in [0, 0.05) is 52.4 Å². The van der Waals surface area contributed by atoms with Crippen LogP contribution in [0.4, 0.5) is 9.59 Å². The van der Waals surface area contributed by atoms with Gasteiger partial charge in [-0.25, -0.2) is 9.59 Å². The van der Waals surface area contributed by atoms with E-state index in [-0.39, 0.29) is 6.09 Å². The number of guanidine groups is 1. The Hall–Kier alpha value is -2.23. The molecule has 0 radical (unpaired) electrons. The highest BCUT2D eigenvalue weighted by Gasteiger charge is 2.25. The highest BCUT2D eigenvalue weighted by molar-refractivity contribution is 5.79. The molecule has 1 rings (SSSR count). The van der Waals surface area contributed by atoms with Gasteiger partial charge in [0.1, 0.15) is 11.2 Å². The first-order valence-corrected chi connectivity index (χ1v) is 11.1. The Kier molecular flexibility index (Phi) is 10.9. The minimum atomic E-state index is -0.508. The van der Waals surface area contributed by atoms with E-state index in [1.54, 1.807) is 4.90 Å². The summed E-state index contributed by atoms with van der Waals surface area (Å²) in [6.07, 6.45) is -0.675. The first-order valence-electron chi connectivity index (χ1n) is 11.1. The van der Waals surface area contributed by atoms with Crippen molar-refractivity contribution < 1.29 is 19.1 Å². The minimum absolute atomic E-state index is 0.246. The third kappa shape index (κ3) is 12.9. The molecule has 0 bridgehead atoms. The Morgan fingerprint density at radius 3 is 2.00 bits per heavy atom. The zero-order valence-corrected chi connectivity index (χ0v) is 20.3. The van der Waals surface area contributed by atoms with E-state index in [1.165, 1.54) is 0 Å². The molecule has 10 nitrogen and oxygen atoms in total. The number of nitrogens with zero attached hydrogens (tertiary/aromatic N) is 3. The standard InChI is InChI=1S/C21H42N6O4/c1-8-22-17(23-9-10-25-18(28)30-20(2,3)4)24-11-12-26-13-15-27(16-14-26)19(29)31-21(5,6)7/h8-16H2,1-7H3,(H,25,28)(H2,22,23,24). The summed E-state index contributed by atoms with van der Waals surface area (Å²) >= 11 is 0. The van der Waals surface area contributed by atoms with E-state index in [0.717, 1.165) is 26.2 Å². The van der Waals surface area contributed by atoms with Crippen LogP contribution in [0.1, 0.15) is 48.5 Å². The Balaban J connectivity index is 2.30. The molecule has 0 atom stereocenters. The van der Waals surface area contributed by atoms with Gasteiger partial charge >= 0.3 is 12.2 Å². The lowest BCUT2D eigenvalue weighted by Crippen LogP contribution is -2.50. The molecule has 1 fully saturated rings. The molecule has 180 valence electrons. The fourth-order valence-corrected chi connectivity index (χ4v) is 2.79. The number of carbonyl (C=O) groups excluding carboxylic acids is 2. The van der Waals surface area contributed by atoms with E-state index >= 15 is 0 Å². The molecule has 0 saturated carbocycles. The summed E-state index contributed by atoms with van der Waals surface area (Å²) in [6, 6.07) is 0. The Labute approximate surface area is 187 Å². The molecule has 10 heteroatoms. The molecular formula is C21H42N6O4. The SMILES string of the molecule is CCNC(=NCCN1CCN(C(=O)OC(C)(C)C)CC1)NCCNC(=O)OC(C)(C)C. The van der Waals surface area contributed by atoms with Crippen molar-refractivity contribution in [1.82, 2.24) is 25.8 Å². The number of hydrogen-bond donors (Lipinski definition) is 3. The molecule has 0 aliphatic carbocycles. The van der Waals surface area contributed by atoms with Crippen molar-refractivity contribution in [2.75, 3.05) is 58.9 Å². The highest BCUT2D eigenvalue weighted by Crippen LogP contribution is 2.11. The number of alkyl carbamates (subject to hydrolysis) is 1. The van der Waals surface area contributed by atoms with E-state index in [0.29, 0.717) is 38.7 Å². The maximum atomic E-state index is 12.1. The molecule has 1 aliphatic heterocycles. The molecule has 0 unspecified atom stereocenters. The average Bonchev–Trinajstić information content (AvgIpc) is 2.63. The summed E-state index contributed by atoms with van der Waals surface area (Å²) in [5, 5.41) is 9.11. The number of aliphatic imine (C=N–C) groups is 1. The van der Waals surface area contributed by atoms with Gasteiger partial charge in [0.05, 0.1) is 6.54 Å². The van der Waals surface area contributed by atoms with Crippen molar-refractivity contribution in [2.24, 2.45) is 4.99 Å². The van der Waals surface area contributed by atoms with Crippen molar-refractivity contribution in [3.05, 3.63) is 0 Å². The molecule has 1 aliphatic rings. The molecule has 0 aromatic heterocycles. The fraction of sp³-hybridized carbons (Fsp3) is 0.857. The maximum Gasteiger partial charge on any atom is 0.410 e. The van der Waals surface area contributed by atoms with Gasteiger partial charge in [0.15, 0.2) is 5.96 Å². The minimum Gasteiger partial charge on any atom is -0.444 e. The molecule has 1 saturated heterocycles. The number of ether oxygens (including phenoxy) is 2. The smallest absolute Gasteiger partial charge is 0.410 e. The number of carbonyl (C=O) groups is 2. The Morgan fingerprint density at radius 2 is 1.45 bits per heavy atom. The maximum absolute atomic E-state index is 12.1. The van der Waals surface area contributed by atoms with Gasteiger partial charge < -0.3 is 30.3 Å². The van der Waals surface area contributed by atoms with Crippen molar-refractivity contribution in [3.63, 3.8) is 0 Å². The summed E-state index contributed by atoms with van der Waals surface area (Å²) in [5.41, 5.74) is -0.979. The Bertz CT molecular complexity index is 590. The number of nitrogens with one attached hydrogen (secondary N) is 3. The summed E-state index contributed by atoms with van der Waals surface area (Å²) in [6.45, 7) is 19.2. The molecular weight excluding hydrogens is 400 g/mol. The van der Waals surface area contributed by atoms with Gasteiger partial charge in [0.25, 0.3) is 0 Å². The summed E-state index contributed by atoms with van der Waals surface area (Å²) in [5.74, 6) is 0.709. The number of hydrogen-bond acceptors (Lipinski definition) is 6. The lowest BCUT2D eigenvalue weighted by atomic mass is 10.2. The van der Waals surface area contributed by atoms with Gasteiger partial charge in [-0.2, -0.15) is 0 Å². The molecule has 0 spiro atoms. The second kappa shape index (κ2) is 12.6. The summed E-state index contributed by atoms with van der Waals surface area (Å²) in [7, 11) is 0. The van der Waals surface area contributed by atoms with Crippen LogP contribution < -0.4 is 16.0 Å². The van der Waals surface area contributed by atoms with Crippen LogP contribution in [0.15, 0.2) is 4.99 Å². The van der Waals surface area contributed by atoms with Gasteiger partial charge in [-0.15, -0.1) is 0 Å². The third-order valence-corrected chi connectivity index (χ3v) is 4.14. The van der Waals surface area contributed by atoms with Crippen LogP contribution in [-0.2, 0) is 9.47 Å². The number of rotatable bonds is 7. The van der Waals surface area contributed by atoms with E-state index in [2.05, 4.69) is 25.8 Å². The van der Waals surface area contributed by atoms with Gasteiger partial charge in [-0.3, -0.25) is 9.89 Å². The van der Waals surface area contributed by atoms with Crippen molar-refractivity contribution in [2.45, 2.75) is 59.7 Å². The molecule has 0 aromatic rings. The van der Waals surface area contributed by atoms with E-state index in [9.17, 15) is 9.59 Å². The van der Waals surface area contributed by atoms with E-state index in [4.69, 9.17) is 9.47 Å². The Morgan fingerprint density at radius 1 is 0.871 bits per heavy atom. The molecule has 31 heavy (non-hydrogen) atoms. The van der Waals surface area contributed by atoms with E-state index in [1.807, 2.05) is 48.5 Å². The predicted octanol–water partition coefficient (Wildman–Crippen LogP) is 1.62. The van der Waals surface area contributed by atoms with Crippen molar-refractivity contribution >= 4 is 18.1 Å². The highest BCUT2D eigenvalue weighted by atomic mass is 16.6. The number of piperazine rings is 1. The van der Waals surface area contributed by atoms with Crippen LogP contribution >= 0.6 is 0 Å². The molecule has 1 heterocycles. The van der Waals surface area contributed by atoms with E-state index < -0.39 is 17.3 Å². The van der Waals surface area contributed by atoms with Gasteiger partial charge in [-0.1, -0.05) is 0 Å². The topological polar surface area (TPSA) is 108 Å². The van der Waals surface area contributed by atoms with Crippen LogP contribution in [0, 0.1) is 0 Å². The molecule has 0 aromatic carbocycles. The zero-order chi connectivity index (χ0) is 23.5. The van der Waals surface area contributed by atoms with Crippen LogP contribution in [0.25, 0.3) is 0 Å². The van der Waals surface area contributed by atoms with Gasteiger partial charge in [0.2, 0.25) is 0 Å². The third-order valence-electron chi connectivity index (χ3n) is 4.14. The average molecular weight is 443 g/mol. The quantitative estimate of drug-likeness (QED) is 0.312. The lowest BCUT2D eigenvalue weighted by molar-refractivity contribution is 0.0147. The second-order valence-corrected chi connectivity index (χ2v) is 9.43. The number of amides is 2. The zero-order valence-electron chi connectivity index (χ0n) is 20.3. The first-order chi connectivity index (χ1) is 14.4. The second-order valence-electron chi connectivity index (χ2n) is 9.43. The van der Waals surface area contributed by atoms with Crippen molar-refractivity contribution in [3.8, 4) is 0 Å². The summed E-state index contributed by atoms with van der Waals surface area (Å²) in [4.78, 5) is 32.4. The van der Waals surface area contributed by atoms with Crippen LogP contribution in [0.3, 0.4) is 0 Å². The molecule has 3 N–H and O–H groups in total. The van der Waals surface area contributed by atoms with Crippen molar-refractivity contribution in [1.29, 1.82) is 0 Å².